The molecule has 61 heavy (non-hydrogen) atoms. The molecule has 5 heterocycles. The highest BCUT2D eigenvalue weighted by Gasteiger charge is 2.53. The van der Waals surface area contributed by atoms with E-state index in [2.05, 4.69) is 35.1 Å². The molecular weight excluding hydrogens is 799 g/mol. The molecule has 19 heteroatoms. The van der Waals surface area contributed by atoms with Gasteiger partial charge in [-0.25, -0.2) is 19.6 Å². The van der Waals surface area contributed by atoms with Crippen molar-refractivity contribution >= 4 is 24.0 Å². The van der Waals surface area contributed by atoms with Crippen molar-refractivity contribution in [2.24, 2.45) is 5.92 Å². The molecule has 0 aliphatic carbocycles. The third kappa shape index (κ3) is 9.68. The monoisotopic (exact) mass is 848 g/mol. The maximum atomic E-state index is 14.0. The number of methoxy groups -OCH3 is 2. The van der Waals surface area contributed by atoms with E-state index in [9.17, 15) is 28.0 Å². The second kappa shape index (κ2) is 18.8. The summed E-state index contributed by atoms with van der Waals surface area (Å²) in [5, 5.41) is 5.12. The summed E-state index contributed by atoms with van der Waals surface area (Å²) >= 11 is 0. The predicted octanol–water partition coefficient (Wildman–Crippen LogP) is 5.55. The first-order valence-corrected chi connectivity index (χ1v) is 20.2. The van der Waals surface area contributed by atoms with Crippen LogP contribution in [-0.4, -0.2) is 125 Å². The van der Waals surface area contributed by atoms with Crippen LogP contribution in [0.15, 0.2) is 60.9 Å². The fraction of sp³-hybridized carbons (Fsp3) is 0.476. The van der Waals surface area contributed by atoms with E-state index in [1.807, 2.05) is 62.4 Å². The Morgan fingerprint density at radius 1 is 0.803 bits per heavy atom. The molecule has 3 saturated heterocycles. The van der Waals surface area contributed by atoms with E-state index in [4.69, 9.17) is 19.2 Å². The second-order valence-electron chi connectivity index (χ2n) is 15.5. The minimum Gasteiger partial charge on any atom is -0.453 e. The van der Waals surface area contributed by atoms with Gasteiger partial charge in [0.1, 0.15) is 23.7 Å². The highest BCUT2D eigenvalue weighted by molar-refractivity contribution is 5.87. The van der Waals surface area contributed by atoms with E-state index < -0.39 is 61.3 Å². The van der Waals surface area contributed by atoms with Crippen molar-refractivity contribution in [2.45, 2.75) is 76.1 Å². The van der Waals surface area contributed by atoms with Gasteiger partial charge in [-0.3, -0.25) is 9.59 Å². The number of hydrogen-bond acceptors (Lipinski definition) is 11. The summed E-state index contributed by atoms with van der Waals surface area (Å²) in [7, 11) is 2.41. The number of hydrogen-bond donors (Lipinski definition) is 4. The molecule has 3 aliphatic heterocycles. The molecular formula is C42H50F2N8O9. The van der Waals surface area contributed by atoms with Gasteiger partial charge in [-0.2, -0.15) is 8.78 Å². The van der Waals surface area contributed by atoms with Gasteiger partial charge in [0.2, 0.25) is 11.8 Å². The Balaban J connectivity index is 1.02. The van der Waals surface area contributed by atoms with Crippen LogP contribution < -0.4 is 10.6 Å². The molecule has 4 atom stereocenters. The van der Waals surface area contributed by atoms with Crippen LogP contribution >= 0.6 is 0 Å². The van der Waals surface area contributed by atoms with Gasteiger partial charge in [0.15, 0.2) is 5.79 Å². The lowest BCUT2D eigenvalue weighted by Gasteiger charge is -2.30. The van der Waals surface area contributed by atoms with E-state index in [1.54, 1.807) is 22.2 Å². The molecule has 4 N–H and O–H groups in total. The van der Waals surface area contributed by atoms with Crippen LogP contribution in [0.4, 0.5) is 18.4 Å². The number of benzene rings is 2. The van der Waals surface area contributed by atoms with Crippen LogP contribution in [0.2, 0.25) is 0 Å². The summed E-state index contributed by atoms with van der Waals surface area (Å²) in [4.78, 5) is 70.9. The van der Waals surface area contributed by atoms with E-state index in [0.717, 1.165) is 40.8 Å². The molecule has 2 aromatic carbocycles. The number of nitrogens with one attached hydrogen (secondary N) is 4. The first-order chi connectivity index (χ1) is 29.4. The molecule has 3 fully saturated rings. The lowest BCUT2D eigenvalue weighted by molar-refractivity contribution is -0.153. The Morgan fingerprint density at radius 3 is 1.89 bits per heavy atom. The highest BCUT2D eigenvalue weighted by atomic mass is 19.3. The predicted molar refractivity (Wildman–Crippen MR) is 215 cm³/mol. The third-order valence-electron chi connectivity index (χ3n) is 11.3. The number of carbonyl (C=O) groups excluding carboxylic acids is 4. The second-order valence-corrected chi connectivity index (χ2v) is 15.5. The van der Waals surface area contributed by atoms with Gasteiger partial charge in [0.25, 0.3) is 0 Å². The molecule has 326 valence electrons. The quantitative estimate of drug-likeness (QED) is 0.124. The molecule has 4 unspecified atom stereocenters. The largest absolute Gasteiger partial charge is 0.453 e. The Bertz CT molecular complexity index is 2160. The fourth-order valence-electron chi connectivity index (χ4n) is 8.14. The Kier molecular flexibility index (Phi) is 13.3. The molecule has 17 nitrogen and oxygen atoms in total. The molecule has 3 aliphatic rings. The zero-order valence-electron chi connectivity index (χ0n) is 34.3. The van der Waals surface area contributed by atoms with Gasteiger partial charge in [-0.15, -0.1) is 0 Å². The van der Waals surface area contributed by atoms with Crippen molar-refractivity contribution in [2.75, 3.05) is 47.1 Å². The van der Waals surface area contributed by atoms with Gasteiger partial charge >= 0.3 is 18.8 Å². The summed E-state index contributed by atoms with van der Waals surface area (Å²) < 4.78 is 51.0. The number of H-pyrrole nitrogens is 2. The van der Waals surface area contributed by atoms with Crippen LogP contribution in [-0.2, 0) is 33.3 Å². The third-order valence-corrected chi connectivity index (χ3v) is 11.3. The molecule has 4 amide bonds. The number of halogens is 2. The van der Waals surface area contributed by atoms with Crippen molar-refractivity contribution in [1.82, 2.24) is 40.4 Å². The highest BCUT2D eigenvalue weighted by Crippen LogP contribution is 2.43. The van der Waals surface area contributed by atoms with E-state index >= 15 is 0 Å². The molecule has 0 saturated carbocycles. The van der Waals surface area contributed by atoms with Gasteiger partial charge in [-0.1, -0.05) is 62.4 Å². The van der Waals surface area contributed by atoms with Crippen molar-refractivity contribution in [3.05, 3.63) is 72.6 Å². The molecule has 4 aromatic rings. The zero-order chi connectivity index (χ0) is 43.3. The number of carbonyl (C=O) groups is 4. The van der Waals surface area contributed by atoms with Crippen LogP contribution in [0, 0.1) is 5.92 Å². The van der Waals surface area contributed by atoms with Crippen molar-refractivity contribution in [1.29, 1.82) is 0 Å². The number of ether oxygens (including phenoxy) is 5. The number of alkyl halides is 2. The van der Waals surface area contributed by atoms with Gasteiger partial charge < -0.3 is 54.1 Å². The van der Waals surface area contributed by atoms with Gasteiger partial charge in [0, 0.05) is 19.4 Å². The SMILES string of the molecule is COC(=O)NC(CCOC(F)F)C(=O)N1CCCC1c1ncc(-c2ccc(-c3ccc(-c4cnc(C5CC6(CN5C(=O)C(NC(=O)OC)C(C)C)OCCO6)[nH]4)cc3)cc2)[nH]1. The number of alkyl carbamates (subject to hydrolysis) is 2. The maximum absolute atomic E-state index is 14.0. The van der Waals surface area contributed by atoms with Crippen LogP contribution in [0.3, 0.4) is 0 Å². The number of nitrogens with zero attached hydrogens (tertiary/aromatic N) is 4. The van der Waals surface area contributed by atoms with Gasteiger partial charge in [0.05, 0.1) is 76.5 Å². The Hall–Kier alpha value is -5.92. The molecule has 7 rings (SSSR count). The molecule has 0 bridgehead atoms. The van der Waals surface area contributed by atoms with Crippen LogP contribution in [0.1, 0.15) is 63.3 Å². The summed E-state index contributed by atoms with van der Waals surface area (Å²) in [5.41, 5.74) is 5.25. The maximum Gasteiger partial charge on any atom is 0.407 e. The van der Waals surface area contributed by atoms with E-state index in [-0.39, 0.29) is 24.8 Å². The summed E-state index contributed by atoms with van der Waals surface area (Å²) in [6, 6.07) is 13.1. The summed E-state index contributed by atoms with van der Waals surface area (Å²) in [6.07, 6.45) is 3.45. The average molecular weight is 849 g/mol. The first kappa shape index (κ1) is 43.2. The lowest BCUT2D eigenvalue weighted by Crippen LogP contribution is -2.52. The fourth-order valence-corrected chi connectivity index (χ4v) is 8.14. The standard InChI is InChI=1S/C42H50F2N8O9/c1-24(2)34(50-41(56)58-4)38(54)52-23-42(60-18-19-61-42)20-33(52)36-46-22-31(48-36)28-13-9-26(10-14-28)25-7-11-27(12-8-25)30-21-45-35(47-30)32-6-5-16-51(32)37(53)29(49-40(55)57-3)15-17-59-39(43)44/h7-14,21-22,24,29,32-34,39H,5-6,15-20,23H2,1-4H3,(H,45,47)(H,46,48)(H,49,55)(H,50,56). The van der Waals surface area contributed by atoms with E-state index in [1.165, 1.54) is 7.11 Å². The number of aromatic amines is 2. The summed E-state index contributed by atoms with van der Waals surface area (Å²) in [5.74, 6) is -0.735. The normalized spacial score (nSPS) is 19.4. The van der Waals surface area contributed by atoms with Crippen LogP contribution in [0.25, 0.3) is 33.6 Å². The first-order valence-electron chi connectivity index (χ1n) is 20.2. The average Bonchev–Trinajstić information content (AvgIpc) is 4.13. The smallest absolute Gasteiger partial charge is 0.407 e. The molecule has 0 radical (unpaired) electrons. The van der Waals surface area contributed by atoms with Gasteiger partial charge in [-0.05, 0) is 41.0 Å². The zero-order valence-corrected chi connectivity index (χ0v) is 34.3. The Morgan fingerprint density at radius 2 is 1.34 bits per heavy atom. The minimum atomic E-state index is -3.00. The molecule has 2 aromatic heterocycles. The number of likely N-dealkylation sites (tertiary alicyclic amines) is 2. The number of amides is 4. The number of aromatic nitrogens is 4. The Labute approximate surface area is 350 Å². The topological polar surface area (TPSA) is 202 Å². The van der Waals surface area contributed by atoms with Crippen LogP contribution in [0.5, 0.6) is 0 Å². The summed E-state index contributed by atoms with van der Waals surface area (Å²) in [6.45, 7) is 1.72. The lowest BCUT2D eigenvalue weighted by atomic mass is 10.0. The minimum absolute atomic E-state index is 0.154. The van der Waals surface area contributed by atoms with Crippen molar-refractivity contribution in [3.63, 3.8) is 0 Å². The van der Waals surface area contributed by atoms with E-state index in [0.29, 0.717) is 50.7 Å². The molecule has 1 spiro atoms. The number of imidazole rings is 2. The van der Waals surface area contributed by atoms with Crippen molar-refractivity contribution in [3.8, 4) is 33.6 Å². The van der Waals surface area contributed by atoms with Crippen molar-refractivity contribution < 1.29 is 51.6 Å². The number of rotatable bonds is 14.